The standard InChI is InChI=1S/C21H33F3N4O6/c1-6-20(4,26-18(33)21(22,23)24)19(34)27(5)15(12(2)3)16(31)25-13(11-14(29)30)17(32)28-9-7-8-10-28/h12-13,15H,6-11H2,1-5H3,(H,25,31)(H,26,33)(H,29,30)/t13-,15?,20-/m0/s1. The Morgan fingerprint density at radius 1 is 1.09 bits per heavy atom. The van der Waals surface area contributed by atoms with E-state index in [1.807, 2.05) is 0 Å². The molecule has 194 valence electrons. The lowest BCUT2D eigenvalue weighted by molar-refractivity contribution is -0.177. The predicted octanol–water partition coefficient (Wildman–Crippen LogP) is 0.899. The minimum atomic E-state index is -5.20. The number of amides is 4. The number of carboxylic acids is 1. The van der Waals surface area contributed by atoms with Gasteiger partial charge in [-0.1, -0.05) is 20.8 Å². The van der Waals surface area contributed by atoms with Crippen molar-refractivity contribution in [3.63, 3.8) is 0 Å². The summed E-state index contributed by atoms with van der Waals surface area (Å²) in [4.78, 5) is 64.1. The Balaban J connectivity index is 3.13. The van der Waals surface area contributed by atoms with Crippen molar-refractivity contribution >= 4 is 29.6 Å². The Hall–Kier alpha value is -2.86. The van der Waals surface area contributed by atoms with Crippen molar-refractivity contribution in [2.45, 2.75) is 77.2 Å². The molecular formula is C21H33F3N4O6. The van der Waals surface area contributed by atoms with Crippen LogP contribution in [0, 0.1) is 5.92 Å². The third-order valence-electron chi connectivity index (χ3n) is 5.87. The molecule has 0 spiro atoms. The molecule has 0 aliphatic carbocycles. The Labute approximate surface area is 196 Å². The molecule has 1 saturated heterocycles. The van der Waals surface area contributed by atoms with Gasteiger partial charge in [0, 0.05) is 20.1 Å². The zero-order chi connectivity index (χ0) is 26.4. The maximum Gasteiger partial charge on any atom is 0.471 e. The third-order valence-corrected chi connectivity index (χ3v) is 5.87. The number of hydrogen-bond acceptors (Lipinski definition) is 5. The van der Waals surface area contributed by atoms with Crippen molar-refractivity contribution in [2.24, 2.45) is 5.92 Å². The van der Waals surface area contributed by atoms with Crippen molar-refractivity contribution in [1.29, 1.82) is 0 Å². The number of rotatable bonds is 10. The Morgan fingerprint density at radius 3 is 2.03 bits per heavy atom. The van der Waals surface area contributed by atoms with Gasteiger partial charge in [-0.2, -0.15) is 13.2 Å². The van der Waals surface area contributed by atoms with E-state index in [1.165, 1.54) is 18.9 Å². The molecule has 1 fully saturated rings. The second-order valence-electron chi connectivity index (χ2n) is 8.93. The highest BCUT2D eigenvalue weighted by atomic mass is 19.4. The molecule has 0 radical (unpaired) electrons. The minimum Gasteiger partial charge on any atom is -0.481 e. The van der Waals surface area contributed by atoms with Crippen LogP contribution in [0.1, 0.15) is 53.4 Å². The first-order valence-corrected chi connectivity index (χ1v) is 11.0. The molecule has 10 nitrogen and oxygen atoms in total. The molecule has 1 aliphatic heterocycles. The lowest BCUT2D eigenvalue weighted by Crippen LogP contribution is -2.63. The van der Waals surface area contributed by atoms with Crippen molar-refractivity contribution in [2.75, 3.05) is 20.1 Å². The van der Waals surface area contributed by atoms with Gasteiger partial charge in [-0.05, 0) is 32.1 Å². The third kappa shape index (κ3) is 7.32. The molecule has 1 rings (SSSR count). The van der Waals surface area contributed by atoms with Crippen LogP contribution in [0.5, 0.6) is 0 Å². The maximum absolute atomic E-state index is 13.1. The van der Waals surface area contributed by atoms with E-state index in [4.69, 9.17) is 0 Å². The van der Waals surface area contributed by atoms with E-state index < -0.39 is 65.7 Å². The largest absolute Gasteiger partial charge is 0.481 e. The molecule has 3 atom stereocenters. The van der Waals surface area contributed by atoms with Gasteiger partial charge in [0.2, 0.25) is 17.7 Å². The van der Waals surface area contributed by atoms with Gasteiger partial charge in [0.15, 0.2) is 0 Å². The van der Waals surface area contributed by atoms with Crippen molar-refractivity contribution < 1.29 is 42.3 Å². The van der Waals surface area contributed by atoms with Gasteiger partial charge in [-0.15, -0.1) is 0 Å². The normalized spacial score (nSPS) is 17.5. The van der Waals surface area contributed by atoms with E-state index in [1.54, 1.807) is 19.2 Å². The Morgan fingerprint density at radius 2 is 1.62 bits per heavy atom. The summed E-state index contributed by atoms with van der Waals surface area (Å²) in [7, 11) is 1.20. The average Bonchev–Trinajstić information content (AvgIpc) is 3.25. The number of carbonyl (C=O) groups excluding carboxylic acids is 4. The summed E-state index contributed by atoms with van der Waals surface area (Å²) in [6.07, 6.45) is -4.56. The summed E-state index contributed by atoms with van der Waals surface area (Å²) >= 11 is 0. The van der Waals surface area contributed by atoms with Crippen LogP contribution >= 0.6 is 0 Å². The number of aliphatic carboxylic acids is 1. The monoisotopic (exact) mass is 494 g/mol. The van der Waals surface area contributed by atoms with E-state index >= 15 is 0 Å². The van der Waals surface area contributed by atoms with Gasteiger partial charge in [-0.25, -0.2) is 0 Å². The number of alkyl halides is 3. The average molecular weight is 495 g/mol. The van der Waals surface area contributed by atoms with E-state index in [-0.39, 0.29) is 6.42 Å². The van der Waals surface area contributed by atoms with Gasteiger partial charge in [0.05, 0.1) is 6.42 Å². The van der Waals surface area contributed by atoms with Crippen LogP contribution in [0.25, 0.3) is 0 Å². The minimum absolute atomic E-state index is 0.195. The molecule has 1 unspecified atom stereocenters. The Bertz CT molecular complexity index is 798. The topological polar surface area (TPSA) is 136 Å². The van der Waals surface area contributed by atoms with Crippen LogP contribution in [0.4, 0.5) is 13.2 Å². The van der Waals surface area contributed by atoms with Crippen LogP contribution in [0.15, 0.2) is 0 Å². The van der Waals surface area contributed by atoms with Crippen LogP contribution in [0.3, 0.4) is 0 Å². The lowest BCUT2D eigenvalue weighted by Gasteiger charge is -2.38. The number of nitrogens with one attached hydrogen (secondary N) is 2. The van der Waals surface area contributed by atoms with Gasteiger partial charge < -0.3 is 25.5 Å². The fourth-order valence-corrected chi connectivity index (χ4v) is 3.85. The molecule has 0 aromatic rings. The maximum atomic E-state index is 13.1. The molecule has 34 heavy (non-hydrogen) atoms. The van der Waals surface area contributed by atoms with Gasteiger partial charge >= 0.3 is 18.1 Å². The summed E-state index contributed by atoms with van der Waals surface area (Å²) in [5, 5.41) is 13.3. The highest BCUT2D eigenvalue weighted by molar-refractivity contribution is 5.97. The number of nitrogens with zero attached hydrogens (tertiary/aromatic N) is 2. The summed E-state index contributed by atoms with van der Waals surface area (Å²) in [5.41, 5.74) is -1.96. The molecule has 4 amide bonds. The van der Waals surface area contributed by atoms with Crippen molar-refractivity contribution in [3.8, 4) is 0 Å². The zero-order valence-corrected chi connectivity index (χ0v) is 20.0. The molecule has 1 aliphatic rings. The molecule has 0 saturated carbocycles. The first-order valence-electron chi connectivity index (χ1n) is 11.0. The highest BCUT2D eigenvalue weighted by Gasteiger charge is 2.47. The second kappa shape index (κ2) is 11.5. The molecular weight excluding hydrogens is 461 g/mol. The zero-order valence-electron chi connectivity index (χ0n) is 20.0. The molecule has 0 bridgehead atoms. The van der Waals surface area contributed by atoms with Crippen LogP contribution in [-0.4, -0.2) is 88.4 Å². The first-order chi connectivity index (χ1) is 15.5. The van der Waals surface area contributed by atoms with E-state index in [0.717, 1.165) is 24.7 Å². The number of hydrogen-bond donors (Lipinski definition) is 3. The van der Waals surface area contributed by atoms with Crippen LogP contribution < -0.4 is 10.6 Å². The fraction of sp³-hybridized carbons (Fsp3) is 0.762. The quantitative estimate of drug-likeness (QED) is 0.413. The molecule has 13 heteroatoms. The molecule has 3 N–H and O–H groups in total. The predicted molar refractivity (Wildman–Crippen MR) is 114 cm³/mol. The Kier molecular flexibility index (Phi) is 9.88. The molecule has 0 aromatic heterocycles. The van der Waals surface area contributed by atoms with Crippen LogP contribution in [-0.2, 0) is 24.0 Å². The second-order valence-corrected chi connectivity index (χ2v) is 8.93. The number of carbonyl (C=O) groups is 5. The van der Waals surface area contributed by atoms with E-state index in [0.29, 0.717) is 13.1 Å². The van der Waals surface area contributed by atoms with E-state index in [9.17, 15) is 42.3 Å². The SMILES string of the molecule is CC[C@](C)(NC(=O)C(F)(F)F)C(=O)N(C)C(C(=O)N[C@@H](CC(=O)O)C(=O)N1CCCC1)C(C)C. The van der Waals surface area contributed by atoms with Gasteiger partial charge in [-0.3, -0.25) is 24.0 Å². The van der Waals surface area contributed by atoms with Crippen molar-refractivity contribution in [3.05, 3.63) is 0 Å². The van der Waals surface area contributed by atoms with Crippen LogP contribution in [0.2, 0.25) is 0 Å². The summed E-state index contributed by atoms with van der Waals surface area (Å²) in [6.45, 7) is 6.56. The number of likely N-dealkylation sites (N-methyl/N-ethyl adjacent to an activating group) is 1. The van der Waals surface area contributed by atoms with Gasteiger partial charge in [0.1, 0.15) is 17.6 Å². The summed E-state index contributed by atoms with van der Waals surface area (Å²) in [6, 6.07) is -2.61. The number of likely N-dealkylation sites (tertiary alicyclic amines) is 1. The first kappa shape index (κ1) is 29.2. The number of carboxylic acid groups (broad SMARTS) is 1. The summed E-state index contributed by atoms with van der Waals surface area (Å²) < 4.78 is 38.3. The highest BCUT2D eigenvalue weighted by Crippen LogP contribution is 2.22. The smallest absolute Gasteiger partial charge is 0.471 e. The molecule has 1 heterocycles. The summed E-state index contributed by atoms with van der Waals surface area (Å²) in [5.74, 6) is -6.48. The van der Waals surface area contributed by atoms with Gasteiger partial charge in [0.25, 0.3) is 0 Å². The van der Waals surface area contributed by atoms with E-state index in [2.05, 4.69) is 5.32 Å². The molecule has 0 aromatic carbocycles. The van der Waals surface area contributed by atoms with Crippen molar-refractivity contribution in [1.82, 2.24) is 20.4 Å². The number of halogens is 3. The fourth-order valence-electron chi connectivity index (χ4n) is 3.85. The lowest BCUT2D eigenvalue weighted by atomic mass is 9.93.